The lowest BCUT2D eigenvalue weighted by molar-refractivity contribution is 0.135. The summed E-state index contributed by atoms with van der Waals surface area (Å²) in [6, 6.07) is 42.1. The van der Waals surface area contributed by atoms with Gasteiger partial charge in [0.1, 0.15) is 0 Å². The van der Waals surface area contributed by atoms with Gasteiger partial charge >= 0.3 is 0 Å². The molecule has 0 saturated carbocycles. The third-order valence-electron chi connectivity index (χ3n) is 8.07. The molecule has 2 bridgehead atoms. The minimum Gasteiger partial charge on any atom is -0.294 e. The molecule has 36 heavy (non-hydrogen) atoms. The van der Waals surface area contributed by atoms with E-state index in [4.69, 9.17) is 4.99 Å². The van der Waals surface area contributed by atoms with Gasteiger partial charge in [0.25, 0.3) is 0 Å². The van der Waals surface area contributed by atoms with E-state index < -0.39 is 0 Å². The Balaban J connectivity index is 1.36. The van der Waals surface area contributed by atoms with E-state index in [9.17, 15) is 0 Å². The second-order valence-electron chi connectivity index (χ2n) is 10.2. The van der Waals surface area contributed by atoms with Crippen LogP contribution in [0.4, 0.5) is 0 Å². The van der Waals surface area contributed by atoms with Crippen molar-refractivity contribution in [2.75, 3.05) is 13.1 Å². The van der Waals surface area contributed by atoms with E-state index in [-0.39, 0.29) is 0 Å². The van der Waals surface area contributed by atoms with Crippen LogP contribution in [0.1, 0.15) is 46.6 Å². The summed E-state index contributed by atoms with van der Waals surface area (Å²) in [6.07, 6.45) is 3.42. The minimum atomic E-state index is 0.300. The molecule has 2 nitrogen and oxygen atoms in total. The lowest BCUT2D eigenvalue weighted by atomic mass is 9.72. The van der Waals surface area contributed by atoms with Crippen LogP contribution in [0.25, 0.3) is 0 Å². The number of fused-ring (bicyclic) bond motifs is 3. The van der Waals surface area contributed by atoms with Gasteiger partial charge in [-0.15, -0.1) is 0 Å². The lowest BCUT2D eigenvalue weighted by Gasteiger charge is -2.49. The first-order valence-electron chi connectivity index (χ1n) is 13.4. The molecular formula is C34H34N2. The summed E-state index contributed by atoms with van der Waals surface area (Å²) in [5.41, 5.74) is 8.27. The average molecular weight is 471 g/mol. The largest absolute Gasteiger partial charge is 0.294 e. The van der Waals surface area contributed by atoms with Crippen molar-refractivity contribution in [1.29, 1.82) is 0 Å². The second-order valence-corrected chi connectivity index (χ2v) is 10.2. The maximum absolute atomic E-state index is 5.47. The molecule has 1 atom stereocenters. The molecule has 3 heterocycles. The quantitative estimate of drug-likeness (QED) is 0.280. The third kappa shape index (κ3) is 4.79. The van der Waals surface area contributed by atoms with Crippen molar-refractivity contribution < 1.29 is 0 Å². The van der Waals surface area contributed by atoms with Crippen LogP contribution in [-0.2, 0) is 13.0 Å². The van der Waals surface area contributed by atoms with Gasteiger partial charge in [-0.05, 0) is 60.2 Å². The standard InChI is InChI=1S/C34H34N2/c1-4-12-26(13-5-1)24-30-18-10-11-19-31(30)25-35-33-29-20-22-36(23-21-29)34(33)32(27-14-6-2-7-15-27)28-16-8-3-9-17-28/h1-19,29,32,34H,20-25H2. The Kier molecular flexibility index (Phi) is 6.78. The van der Waals surface area contributed by atoms with Crippen LogP contribution in [0.2, 0.25) is 0 Å². The van der Waals surface area contributed by atoms with E-state index in [1.54, 1.807) is 0 Å². The van der Waals surface area contributed by atoms with Crippen LogP contribution in [-0.4, -0.2) is 29.7 Å². The van der Waals surface area contributed by atoms with Gasteiger partial charge in [-0.3, -0.25) is 9.89 Å². The highest BCUT2D eigenvalue weighted by atomic mass is 15.2. The highest BCUT2D eigenvalue weighted by molar-refractivity contribution is 5.94. The van der Waals surface area contributed by atoms with Crippen LogP contribution >= 0.6 is 0 Å². The molecule has 3 fully saturated rings. The molecule has 7 rings (SSSR count). The van der Waals surface area contributed by atoms with Gasteiger partial charge in [0.2, 0.25) is 0 Å². The topological polar surface area (TPSA) is 15.6 Å². The van der Waals surface area contributed by atoms with E-state index in [1.165, 1.54) is 59.5 Å². The Labute approximate surface area is 215 Å². The van der Waals surface area contributed by atoms with Gasteiger partial charge in [-0.25, -0.2) is 0 Å². The van der Waals surface area contributed by atoms with E-state index in [0.717, 1.165) is 13.0 Å². The first kappa shape index (κ1) is 22.9. The van der Waals surface area contributed by atoms with Crippen LogP contribution < -0.4 is 0 Å². The predicted octanol–water partition coefficient (Wildman–Crippen LogP) is 7.14. The monoisotopic (exact) mass is 470 g/mol. The Morgan fingerprint density at radius 3 is 1.78 bits per heavy atom. The van der Waals surface area contributed by atoms with Crippen LogP contribution in [0.5, 0.6) is 0 Å². The molecule has 1 unspecified atom stereocenters. The molecule has 3 aliphatic rings. The van der Waals surface area contributed by atoms with E-state index in [0.29, 0.717) is 17.9 Å². The fraction of sp³-hybridized carbons (Fsp3) is 0.265. The molecule has 2 heteroatoms. The molecule has 0 N–H and O–H groups in total. The Hall–Kier alpha value is -3.49. The molecule has 0 aromatic heterocycles. The smallest absolute Gasteiger partial charge is 0.0642 e. The number of piperidine rings is 3. The Morgan fingerprint density at radius 1 is 0.639 bits per heavy atom. The van der Waals surface area contributed by atoms with Gasteiger partial charge < -0.3 is 0 Å². The molecule has 180 valence electrons. The fourth-order valence-electron chi connectivity index (χ4n) is 6.26. The van der Waals surface area contributed by atoms with Crippen molar-refractivity contribution in [1.82, 2.24) is 4.90 Å². The van der Waals surface area contributed by atoms with Crippen molar-refractivity contribution >= 4 is 5.71 Å². The summed E-state index contributed by atoms with van der Waals surface area (Å²) in [7, 11) is 0. The summed E-state index contributed by atoms with van der Waals surface area (Å²) in [4.78, 5) is 8.17. The SMILES string of the molecule is c1ccc(Cc2ccccc2CN=C2C3CCN(CC3)C2C(c2ccccc2)c2ccccc2)cc1. The summed E-state index contributed by atoms with van der Waals surface area (Å²) in [5, 5.41) is 0. The van der Waals surface area contributed by atoms with E-state index in [1.807, 2.05) is 0 Å². The van der Waals surface area contributed by atoms with Crippen molar-refractivity contribution in [2.45, 2.75) is 37.8 Å². The Bertz CT molecular complexity index is 1250. The summed E-state index contributed by atoms with van der Waals surface area (Å²) in [6.45, 7) is 3.11. The highest BCUT2D eigenvalue weighted by Gasteiger charge is 2.43. The van der Waals surface area contributed by atoms with Gasteiger partial charge in [-0.2, -0.15) is 0 Å². The zero-order valence-corrected chi connectivity index (χ0v) is 20.8. The normalized spacial score (nSPS) is 22.2. The van der Waals surface area contributed by atoms with Gasteiger partial charge in [0.05, 0.1) is 12.6 Å². The molecule has 0 amide bonds. The summed E-state index contributed by atoms with van der Waals surface area (Å²) < 4.78 is 0. The molecule has 4 aromatic rings. The maximum Gasteiger partial charge on any atom is 0.0642 e. The molecule has 0 aliphatic carbocycles. The first-order chi connectivity index (χ1) is 17.9. The van der Waals surface area contributed by atoms with Crippen LogP contribution in [0, 0.1) is 5.92 Å². The molecule has 3 aliphatic heterocycles. The van der Waals surface area contributed by atoms with E-state index >= 15 is 0 Å². The molecule has 3 saturated heterocycles. The summed E-state index contributed by atoms with van der Waals surface area (Å²) >= 11 is 0. The van der Waals surface area contributed by atoms with E-state index in [2.05, 4.69) is 120 Å². The number of nitrogens with zero attached hydrogens (tertiary/aromatic N) is 2. The van der Waals surface area contributed by atoms with Crippen molar-refractivity contribution in [2.24, 2.45) is 10.9 Å². The molecule has 0 radical (unpaired) electrons. The van der Waals surface area contributed by atoms with Crippen molar-refractivity contribution in [3.8, 4) is 0 Å². The first-order valence-corrected chi connectivity index (χ1v) is 13.4. The zero-order valence-electron chi connectivity index (χ0n) is 20.8. The molecular weight excluding hydrogens is 436 g/mol. The molecule has 0 spiro atoms. The Morgan fingerprint density at radius 2 is 1.17 bits per heavy atom. The van der Waals surface area contributed by atoms with Crippen molar-refractivity contribution in [3.05, 3.63) is 143 Å². The van der Waals surface area contributed by atoms with Gasteiger partial charge in [0.15, 0.2) is 0 Å². The molecule has 4 aromatic carbocycles. The third-order valence-corrected chi connectivity index (χ3v) is 8.07. The number of aliphatic imine (C=N–C) groups is 1. The van der Waals surface area contributed by atoms with Crippen LogP contribution in [0.15, 0.2) is 120 Å². The fourth-order valence-corrected chi connectivity index (χ4v) is 6.26. The second kappa shape index (κ2) is 10.6. The minimum absolute atomic E-state index is 0.300. The zero-order chi connectivity index (χ0) is 24.2. The number of benzene rings is 4. The maximum atomic E-state index is 5.47. The average Bonchev–Trinajstić information content (AvgIpc) is 2.95. The highest BCUT2D eigenvalue weighted by Crippen LogP contribution is 2.40. The van der Waals surface area contributed by atoms with Gasteiger partial charge in [0, 0.05) is 17.5 Å². The lowest BCUT2D eigenvalue weighted by Crippen LogP contribution is -2.58. The van der Waals surface area contributed by atoms with Gasteiger partial charge in [-0.1, -0.05) is 115 Å². The number of hydrogen-bond donors (Lipinski definition) is 0. The predicted molar refractivity (Wildman–Crippen MR) is 150 cm³/mol. The number of rotatable bonds is 7. The number of hydrogen-bond acceptors (Lipinski definition) is 2. The van der Waals surface area contributed by atoms with Crippen LogP contribution in [0.3, 0.4) is 0 Å². The van der Waals surface area contributed by atoms with Crippen molar-refractivity contribution in [3.63, 3.8) is 0 Å². The summed E-state index contributed by atoms with van der Waals surface area (Å²) in [5.74, 6) is 0.894.